The number of aliphatic imine (C=N–C) groups is 1. The van der Waals surface area contributed by atoms with Crippen LogP contribution in [0.1, 0.15) is 19.4 Å². The van der Waals surface area contributed by atoms with Gasteiger partial charge in [-0.2, -0.15) is 0 Å². The van der Waals surface area contributed by atoms with Crippen molar-refractivity contribution in [2.75, 3.05) is 59.6 Å². The molecule has 28 heavy (non-hydrogen) atoms. The second-order valence-electron chi connectivity index (χ2n) is 7.21. The van der Waals surface area contributed by atoms with Crippen LogP contribution >= 0.6 is 11.6 Å². The van der Waals surface area contributed by atoms with Crippen LogP contribution in [0.4, 0.5) is 0 Å². The summed E-state index contributed by atoms with van der Waals surface area (Å²) in [4.78, 5) is 6.78. The Kier molecular flexibility index (Phi) is 9.31. The summed E-state index contributed by atoms with van der Waals surface area (Å²) in [5.74, 6) is 1.44. The lowest BCUT2D eigenvalue weighted by molar-refractivity contribution is -0.0179. The van der Waals surface area contributed by atoms with E-state index in [0.29, 0.717) is 30.6 Å². The Balaban J connectivity index is 1.85. The number of aliphatic hydroxyl groups is 1. The first kappa shape index (κ1) is 22.7. The normalized spacial score (nSPS) is 17.8. The van der Waals surface area contributed by atoms with Gasteiger partial charge < -0.3 is 25.2 Å². The van der Waals surface area contributed by atoms with E-state index in [-0.39, 0.29) is 0 Å². The SMILES string of the molecule is CCNC(=NCC(C)(O)CN1CCOCC1)NCCc1ccc(OC)cc1Cl. The Morgan fingerprint density at radius 3 is 2.75 bits per heavy atom. The van der Waals surface area contributed by atoms with E-state index in [0.717, 1.165) is 50.6 Å². The molecule has 1 aliphatic rings. The zero-order valence-corrected chi connectivity index (χ0v) is 17.9. The van der Waals surface area contributed by atoms with Crippen LogP contribution in [0.15, 0.2) is 23.2 Å². The molecule has 1 aromatic carbocycles. The summed E-state index contributed by atoms with van der Waals surface area (Å²) < 4.78 is 10.5. The summed E-state index contributed by atoms with van der Waals surface area (Å²) in [5, 5.41) is 17.9. The minimum atomic E-state index is -0.890. The lowest BCUT2D eigenvalue weighted by Gasteiger charge is -2.33. The molecule has 3 N–H and O–H groups in total. The summed E-state index contributed by atoms with van der Waals surface area (Å²) in [5.41, 5.74) is 0.157. The van der Waals surface area contributed by atoms with Gasteiger partial charge in [0.1, 0.15) is 5.75 Å². The van der Waals surface area contributed by atoms with Gasteiger partial charge in [0, 0.05) is 37.7 Å². The molecule has 0 spiro atoms. The molecule has 8 heteroatoms. The molecule has 1 saturated heterocycles. The van der Waals surface area contributed by atoms with Crippen molar-refractivity contribution in [3.8, 4) is 5.75 Å². The van der Waals surface area contributed by atoms with E-state index in [4.69, 9.17) is 21.1 Å². The van der Waals surface area contributed by atoms with Gasteiger partial charge in [-0.15, -0.1) is 0 Å². The zero-order valence-electron chi connectivity index (χ0n) is 17.1. The summed E-state index contributed by atoms with van der Waals surface area (Å²) in [7, 11) is 1.63. The molecular weight excluding hydrogens is 380 g/mol. The Morgan fingerprint density at radius 2 is 2.11 bits per heavy atom. The van der Waals surface area contributed by atoms with E-state index in [2.05, 4.69) is 20.5 Å². The Morgan fingerprint density at radius 1 is 1.36 bits per heavy atom. The summed E-state index contributed by atoms with van der Waals surface area (Å²) >= 11 is 6.30. The molecule has 1 aromatic rings. The molecule has 0 saturated carbocycles. The van der Waals surface area contributed by atoms with E-state index in [1.54, 1.807) is 7.11 Å². The van der Waals surface area contributed by atoms with Gasteiger partial charge in [0.25, 0.3) is 0 Å². The molecule has 1 unspecified atom stereocenters. The standard InChI is InChI=1S/C20H33ClN4O3/c1-4-22-19(23-8-7-16-5-6-17(27-3)13-18(16)21)24-14-20(2,26)15-25-9-11-28-12-10-25/h5-6,13,26H,4,7-12,14-15H2,1-3H3,(H2,22,23,24). The van der Waals surface area contributed by atoms with Gasteiger partial charge in [-0.3, -0.25) is 9.89 Å². The highest BCUT2D eigenvalue weighted by Crippen LogP contribution is 2.22. The fraction of sp³-hybridized carbons (Fsp3) is 0.650. The number of hydrogen-bond acceptors (Lipinski definition) is 5. The second-order valence-corrected chi connectivity index (χ2v) is 7.62. The third-order valence-corrected chi connectivity index (χ3v) is 4.89. The average molecular weight is 413 g/mol. The van der Waals surface area contributed by atoms with Crippen LogP contribution in [0.2, 0.25) is 5.02 Å². The molecule has 2 rings (SSSR count). The van der Waals surface area contributed by atoms with Gasteiger partial charge in [-0.1, -0.05) is 17.7 Å². The van der Waals surface area contributed by atoms with E-state index in [9.17, 15) is 5.11 Å². The molecule has 0 radical (unpaired) electrons. The van der Waals surface area contributed by atoms with Crippen molar-refractivity contribution >= 4 is 17.6 Å². The van der Waals surface area contributed by atoms with Crippen molar-refractivity contribution in [3.63, 3.8) is 0 Å². The molecule has 0 bridgehead atoms. The van der Waals surface area contributed by atoms with Gasteiger partial charge in [0.15, 0.2) is 5.96 Å². The number of nitrogens with one attached hydrogen (secondary N) is 2. The summed E-state index contributed by atoms with van der Waals surface area (Å²) in [6, 6.07) is 5.70. The van der Waals surface area contributed by atoms with Crippen LogP contribution in [0.3, 0.4) is 0 Å². The van der Waals surface area contributed by atoms with Crippen LogP contribution in [0.5, 0.6) is 5.75 Å². The molecule has 1 heterocycles. The quantitative estimate of drug-likeness (QED) is 0.421. The van der Waals surface area contributed by atoms with E-state index in [1.165, 1.54) is 0 Å². The van der Waals surface area contributed by atoms with E-state index < -0.39 is 5.60 Å². The smallest absolute Gasteiger partial charge is 0.191 e. The minimum absolute atomic E-state index is 0.322. The predicted octanol–water partition coefficient (Wildman–Crippen LogP) is 1.53. The van der Waals surface area contributed by atoms with Gasteiger partial charge >= 0.3 is 0 Å². The number of guanidine groups is 1. The maximum absolute atomic E-state index is 10.7. The lowest BCUT2D eigenvalue weighted by Crippen LogP contribution is -2.48. The molecule has 0 amide bonds. The van der Waals surface area contributed by atoms with Crippen LogP contribution < -0.4 is 15.4 Å². The van der Waals surface area contributed by atoms with Crippen LogP contribution in [0, 0.1) is 0 Å². The predicted molar refractivity (Wildman–Crippen MR) is 114 cm³/mol. The third-order valence-electron chi connectivity index (χ3n) is 4.54. The zero-order chi connectivity index (χ0) is 20.4. The number of morpholine rings is 1. The highest BCUT2D eigenvalue weighted by atomic mass is 35.5. The number of β-amino-alcohol motifs (C(OH)–C–C–N with tert-alkyl or cyclic N) is 1. The molecule has 0 aliphatic carbocycles. The van der Waals surface area contributed by atoms with Crippen LogP contribution in [0.25, 0.3) is 0 Å². The topological polar surface area (TPSA) is 78.4 Å². The van der Waals surface area contributed by atoms with Crippen molar-refractivity contribution in [2.24, 2.45) is 4.99 Å². The Hall–Kier alpha value is -1.54. The van der Waals surface area contributed by atoms with Crippen molar-refractivity contribution in [1.29, 1.82) is 0 Å². The molecule has 1 atom stereocenters. The average Bonchev–Trinajstić information content (AvgIpc) is 2.67. The van der Waals surface area contributed by atoms with Gasteiger partial charge in [-0.05, 0) is 38.0 Å². The number of nitrogens with zero attached hydrogens (tertiary/aromatic N) is 2. The van der Waals surface area contributed by atoms with Crippen molar-refractivity contribution < 1.29 is 14.6 Å². The number of halogens is 1. The molecule has 1 aliphatic heterocycles. The Labute approximate surface area is 173 Å². The first-order valence-electron chi connectivity index (χ1n) is 9.80. The largest absolute Gasteiger partial charge is 0.497 e. The number of hydrogen-bond donors (Lipinski definition) is 3. The van der Waals surface area contributed by atoms with Crippen molar-refractivity contribution in [3.05, 3.63) is 28.8 Å². The first-order chi connectivity index (χ1) is 13.4. The number of methoxy groups -OCH3 is 1. The Bertz CT molecular complexity index is 634. The number of rotatable bonds is 9. The summed E-state index contributed by atoms with van der Waals surface area (Å²) in [6.07, 6.45) is 0.761. The van der Waals surface area contributed by atoms with Crippen molar-refractivity contribution in [1.82, 2.24) is 15.5 Å². The first-order valence-corrected chi connectivity index (χ1v) is 10.2. The van der Waals surface area contributed by atoms with E-state index >= 15 is 0 Å². The van der Waals surface area contributed by atoms with Gasteiger partial charge in [0.2, 0.25) is 0 Å². The number of ether oxygens (including phenoxy) is 2. The number of benzene rings is 1. The van der Waals surface area contributed by atoms with Crippen LogP contribution in [-0.4, -0.2) is 81.2 Å². The maximum atomic E-state index is 10.7. The van der Waals surface area contributed by atoms with Crippen LogP contribution in [-0.2, 0) is 11.2 Å². The molecule has 0 aromatic heterocycles. The maximum Gasteiger partial charge on any atom is 0.191 e. The molecule has 7 nitrogen and oxygen atoms in total. The molecule has 158 valence electrons. The highest BCUT2D eigenvalue weighted by molar-refractivity contribution is 6.31. The van der Waals surface area contributed by atoms with E-state index in [1.807, 2.05) is 32.0 Å². The fourth-order valence-corrected chi connectivity index (χ4v) is 3.32. The molecule has 1 fully saturated rings. The fourth-order valence-electron chi connectivity index (χ4n) is 3.06. The second kappa shape index (κ2) is 11.5. The van der Waals surface area contributed by atoms with Gasteiger partial charge in [-0.25, -0.2) is 0 Å². The summed E-state index contributed by atoms with van der Waals surface area (Å²) in [6.45, 7) is 9.32. The lowest BCUT2D eigenvalue weighted by atomic mass is 10.1. The van der Waals surface area contributed by atoms with Gasteiger partial charge in [0.05, 0.1) is 32.5 Å². The highest BCUT2D eigenvalue weighted by Gasteiger charge is 2.25. The molecular formula is C20H33ClN4O3. The third kappa shape index (κ3) is 7.83. The minimum Gasteiger partial charge on any atom is -0.497 e. The van der Waals surface area contributed by atoms with Crippen molar-refractivity contribution in [2.45, 2.75) is 25.9 Å². The monoisotopic (exact) mass is 412 g/mol.